The first-order chi connectivity index (χ1) is 15.8. The van der Waals surface area contributed by atoms with Crippen molar-refractivity contribution < 1.29 is 23.9 Å². The molecule has 2 aliphatic rings. The number of esters is 1. The van der Waals surface area contributed by atoms with Crippen LogP contribution in [0.3, 0.4) is 0 Å². The van der Waals surface area contributed by atoms with Crippen molar-refractivity contribution in [3.63, 3.8) is 0 Å². The first-order valence-corrected chi connectivity index (χ1v) is 11.0. The summed E-state index contributed by atoms with van der Waals surface area (Å²) in [4.78, 5) is 51.5. The molecule has 170 valence electrons. The van der Waals surface area contributed by atoms with E-state index in [0.717, 1.165) is 11.1 Å². The van der Waals surface area contributed by atoms with Crippen molar-refractivity contribution in [2.45, 2.75) is 27.2 Å². The maximum atomic E-state index is 12.9. The van der Waals surface area contributed by atoms with Gasteiger partial charge in [-0.25, -0.2) is 4.79 Å². The Labute approximate surface area is 192 Å². The molecular weight excluding hydrogens is 420 g/mol. The fraction of sp³-hybridized carbons (Fsp3) is 0.308. The fourth-order valence-corrected chi connectivity index (χ4v) is 4.44. The van der Waals surface area contributed by atoms with Crippen LogP contribution in [0.2, 0.25) is 0 Å². The SMILES string of the molecule is Cc1cccc(NC(=O)COC(=O)c2ccc(N3C(=O)[C@@H]4[C@H](C)C=CC[C@H]4C3=O)cc2)c1C. The first kappa shape index (κ1) is 22.5. The Morgan fingerprint density at radius 2 is 1.79 bits per heavy atom. The van der Waals surface area contributed by atoms with Crippen LogP contribution >= 0.6 is 0 Å². The predicted octanol–water partition coefficient (Wildman–Crippen LogP) is 3.80. The van der Waals surface area contributed by atoms with Gasteiger partial charge in [0.1, 0.15) is 0 Å². The standard InChI is InChI=1S/C26H26N2O5/c1-15-6-5-9-21(17(15)3)27-22(29)14-33-26(32)18-10-12-19(13-11-18)28-24(30)20-8-4-7-16(2)23(20)25(28)31/h4-7,9-13,16,20,23H,8,14H2,1-3H3,(H,27,29)/t16-,20-,23-/m1/s1. The van der Waals surface area contributed by atoms with Gasteiger partial charge in [-0.3, -0.25) is 19.3 Å². The molecule has 0 spiro atoms. The zero-order valence-corrected chi connectivity index (χ0v) is 18.8. The van der Waals surface area contributed by atoms with Gasteiger partial charge in [0.05, 0.1) is 23.1 Å². The summed E-state index contributed by atoms with van der Waals surface area (Å²) in [5.41, 5.74) is 3.32. The average Bonchev–Trinajstić information content (AvgIpc) is 3.06. The smallest absolute Gasteiger partial charge is 0.338 e. The van der Waals surface area contributed by atoms with Crippen LogP contribution in [0, 0.1) is 31.6 Å². The molecule has 1 aliphatic heterocycles. The lowest BCUT2D eigenvalue weighted by atomic mass is 9.78. The normalized spacial score (nSPS) is 21.7. The van der Waals surface area contributed by atoms with Crippen LogP contribution in [0.4, 0.5) is 11.4 Å². The maximum Gasteiger partial charge on any atom is 0.338 e. The lowest BCUT2D eigenvalue weighted by Gasteiger charge is -2.22. The number of nitrogens with one attached hydrogen (secondary N) is 1. The van der Waals surface area contributed by atoms with Crippen LogP contribution in [-0.2, 0) is 19.1 Å². The molecule has 1 N–H and O–H groups in total. The van der Waals surface area contributed by atoms with E-state index < -0.39 is 18.5 Å². The number of nitrogens with zero attached hydrogens (tertiary/aromatic N) is 1. The maximum absolute atomic E-state index is 12.9. The Bertz CT molecular complexity index is 1150. The van der Waals surface area contributed by atoms with Crippen molar-refractivity contribution in [2.75, 3.05) is 16.8 Å². The minimum absolute atomic E-state index is 0.00851. The van der Waals surface area contributed by atoms with Gasteiger partial charge in [0, 0.05) is 5.69 Å². The number of amides is 3. The van der Waals surface area contributed by atoms with Gasteiger partial charge in [0.15, 0.2) is 6.61 Å². The molecule has 0 bridgehead atoms. The third-order valence-corrected chi connectivity index (χ3v) is 6.45. The summed E-state index contributed by atoms with van der Waals surface area (Å²) in [6.07, 6.45) is 4.49. The van der Waals surface area contributed by atoms with Gasteiger partial charge in [-0.2, -0.15) is 0 Å². The van der Waals surface area contributed by atoms with Gasteiger partial charge < -0.3 is 10.1 Å². The lowest BCUT2D eigenvalue weighted by molar-refractivity contribution is -0.123. The van der Waals surface area contributed by atoms with E-state index >= 15 is 0 Å². The molecule has 33 heavy (non-hydrogen) atoms. The summed E-state index contributed by atoms with van der Waals surface area (Å²) in [5, 5.41) is 2.74. The van der Waals surface area contributed by atoms with Crippen molar-refractivity contribution in [2.24, 2.45) is 17.8 Å². The molecule has 2 aromatic rings. The highest BCUT2D eigenvalue weighted by Crippen LogP contribution is 2.40. The number of allylic oxidation sites excluding steroid dienone is 2. The van der Waals surface area contributed by atoms with Crippen molar-refractivity contribution in [3.05, 3.63) is 71.3 Å². The van der Waals surface area contributed by atoms with Gasteiger partial charge in [0.25, 0.3) is 5.91 Å². The highest BCUT2D eigenvalue weighted by molar-refractivity contribution is 6.22. The summed E-state index contributed by atoms with van der Waals surface area (Å²) in [5.74, 6) is -2.19. The predicted molar refractivity (Wildman–Crippen MR) is 124 cm³/mol. The number of carbonyl (C=O) groups is 4. The van der Waals surface area contributed by atoms with E-state index in [1.54, 1.807) is 18.2 Å². The summed E-state index contributed by atoms with van der Waals surface area (Å²) in [6, 6.07) is 11.7. The second kappa shape index (κ2) is 9.02. The first-order valence-electron chi connectivity index (χ1n) is 11.0. The number of carbonyl (C=O) groups excluding carboxylic acids is 4. The van der Waals surface area contributed by atoms with E-state index in [0.29, 0.717) is 17.8 Å². The molecule has 7 nitrogen and oxygen atoms in total. The topological polar surface area (TPSA) is 92.8 Å². The molecule has 2 aromatic carbocycles. The zero-order chi connectivity index (χ0) is 23.7. The highest BCUT2D eigenvalue weighted by atomic mass is 16.5. The number of anilines is 2. The molecule has 3 amide bonds. The largest absolute Gasteiger partial charge is 0.452 e. The van der Waals surface area contributed by atoms with Crippen LogP contribution in [0.5, 0.6) is 0 Å². The molecular formula is C26H26N2O5. The van der Waals surface area contributed by atoms with Crippen LogP contribution in [0.15, 0.2) is 54.6 Å². The Morgan fingerprint density at radius 1 is 1.06 bits per heavy atom. The second-order valence-electron chi connectivity index (χ2n) is 8.59. The van der Waals surface area contributed by atoms with Gasteiger partial charge in [-0.1, -0.05) is 31.2 Å². The van der Waals surface area contributed by atoms with E-state index in [4.69, 9.17) is 4.74 Å². The van der Waals surface area contributed by atoms with Gasteiger partial charge in [0.2, 0.25) is 11.8 Å². The average molecular weight is 447 g/mol. The number of fused-ring (bicyclic) bond motifs is 1. The molecule has 1 heterocycles. The van der Waals surface area contributed by atoms with Crippen LogP contribution < -0.4 is 10.2 Å². The van der Waals surface area contributed by atoms with Crippen LogP contribution in [0.25, 0.3) is 0 Å². The summed E-state index contributed by atoms with van der Waals surface area (Å²) < 4.78 is 5.12. The van der Waals surface area contributed by atoms with Gasteiger partial charge in [-0.15, -0.1) is 0 Å². The molecule has 0 unspecified atom stereocenters. The summed E-state index contributed by atoms with van der Waals surface area (Å²) in [7, 11) is 0. The van der Waals surface area contributed by atoms with Crippen LogP contribution in [-0.4, -0.2) is 30.3 Å². The molecule has 1 fully saturated rings. The molecule has 7 heteroatoms. The van der Waals surface area contributed by atoms with E-state index in [1.165, 1.54) is 17.0 Å². The molecule has 0 radical (unpaired) electrons. The number of ether oxygens (including phenoxy) is 1. The Kier molecular flexibility index (Phi) is 6.14. The minimum atomic E-state index is -0.664. The quantitative estimate of drug-likeness (QED) is 0.428. The fourth-order valence-electron chi connectivity index (χ4n) is 4.44. The van der Waals surface area contributed by atoms with Gasteiger partial charge in [-0.05, 0) is 67.6 Å². The number of imide groups is 1. The molecule has 4 rings (SSSR count). The Balaban J connectivity index is 1.38. The minimum Gasteiger partial charge on any atom is -0.452 e. The molecule has 1 saturated heterocycles. The van der Waals surface area contributed by atoms with Gasteiger partial charge >= 0.3 is 5.97 Å². The molecule has 1 aliphatic carbocycles. The molecule has 0 aromatic heterocycles. The third-order valence-electron chi connectivity index (χ3n) is 6.45. The van der Waals surface area contributed by atoms with Crippen LogP contribution in [0.1, 0.15) is 34.8 Å². The Hall–Kier alpha value is -3.74. The Morgan fingerprint density at radius 3 is 2.48 bits per heavy atom. The number of rotatable bonds is 5. The zero-order valence-electron chi connectivity index (χ0n) is 18.8. The number of hydrogen-bond donors (Lipinski definition) is 1. The lowest BCUT2D eigenvalue weighted by Crippen LogP contribution is -2.31. The summed E-state index contributed by atoms with van der Waals surface area (Å²) in [6.45, 7) is 5.37. The van der Waals surface area contributed by atoms with Crippen molar-refractivity contribution in [1.82, 2.24) is 0 Å². The van der Waals surface area contributed by atoms with E-state index in [9.17, 15) is 19.2 Å². The second-order valence-corrected chi connectivity index (χ2v) is 8.59. The van der Waals surface area contributed by atoms with E-state index in [-0.39, 0.29) is 35.1 Å². The molecule has 0 saturated carbocycles. The highest BCUT2D eigenvalue weighted by Gasteiger charge is 2.50. The van der Waals surface area contributed by atoms with E-state index in [1.807, 2.05) is 45.1 Å². The number of aryl methyl sites for hydroxylation is 1. The van der Waals surface area contributed by atoms with Crippen molar-refractivity contribution in [3.8, 4) is 0 Å². The molecule has 3 atom stereocenters. The monoisotopic (exact) mass is 446 g/mol. The third kappa shape index (κ3) is 4.31. The van der Waals surface area contributed by atoms with E-state index in [2.05, 4.69) is 5.32 Å². The van der Waals surface area contributed by atoms with Crippen molar-refractivity contribution >= 4 is 35.1 Å². The number of benzene rings is 2. The van der Waals surface area contributed by atoms with Crippen molar-refractivity contribution in [1.29, 1.82) is 0 Å². The number of hydrogen-bond acceptors (Lipinski definition) is 5. The summed E-state index contributed by atoms with van der Waals surface area (Å²) >= 11 is 0.